The third-order valence-corrected chi connectivity index (χ3v) is 1.12. The molecule has 69 valence electrons. The average Bonchev–Trinajstić information content (AvgIpc) is 2.24. The molecule has 0 aliphatic rings. The largest absolute Gasteiger partial charge is 0.394 e. The topological polar surface area (TPSA) is 12.9 Å². The van der Waals surface area contributed by atoms with Gasteiger partial charge in [-0.05, 0) is 0 Å². The van der Waals surface area contributed by atoms with Crippen LogP contribution in [-0.2, 0) is 20.1 Å². The van der Waals surface area contributed by atoms with Crippen molar-refractivity contribution < 1.29 is 20.1 Å². The Hall–Kier alpha value is -0.981. The maximum Gasteiger partial charge on any atom is 0 e. The van der Waals surface area contributed by atoms with Gasteiger partial charge in [0.25, 0.3) is 0 Å². The molecule has 0 aliphatic heterocycles. The zero-order valence-electron chi connectivity index (χ0n) is 6.98. The SMILES string of the molecule is [Ir].[c-]1ccccc1.[c-]1ccccn1. The van der Waals surface area contributed by atoms with Gasteiger partial charge in [-0.25, -0.2) is 0 Å². The summed E-state index contributed by atoms with van der Waals surface area (Å²) in [7, 11) is 0. The van der Waals surface area contributed by atoms with Crippen molar-refractivity contribution in [1.29, 1.82) is 0 Å². The molecule has 0 spiro atoms. The molecule has 0 unspecified atom stereocenters. The molecule has 1 radical (unpaired) electrons. The number of aromatic nitrogens is 1. The number of hydrogen-bond acceptors (Lipinski definition) is 1. The predicted octanol–water partition coefficient (Wildman–Crippen LogP) is 2.37. The number of benzene rings is 1. The number of nitrogens with zero attached hydrogens (tertiary/aromatic N) is 1. The van der Waals surface area contributed by atoms with Crippen LogP contribution in [0, 0.1) is 12.3 Å². The molecule has 13 heavy (non-hydrogen) atoms. The van der Waals surface area contributed by atoms with Crippen LogP contribution in [0.3, 0.4) is 0 Å². The van der Waals surface area contributed by atoms with Crippen molar-refractivity contribution in [2.24, 2.45) is 0 Å². The van der Waals surface area contributed by atoms with E-state index in [0.29, 0.717) is 0 Å². The minimum atomic E-state index is 0. The van der Waals surface area contributed by atoms with Crippen LogP contribution in [0.25, 0.3) is 0 Å². The van der Waals surface area contributed by atoms with Gasteiger partial charge in [0.1, 0.15) is 0 Å². The van der Waals surface area contributed by atoms with Gasteiger partial charge in [-0.3, -0.25) is 0 Å². The summed E-state index contributed by atoms with van der Waals surface area (Å²) in [5.74, 6) is 0. The van der Waals surface area contributed by atoms with Gasteiger partial charge in [-0.2, -0.15) is 54.6 Å². The third-order valence-electron chi connectivity index (χ3n) is 1.12. The van der Waals surface area contributed by atoms with E-state index in [1.807, 2.05) is 42.5 Å². The summed E-state index contributed by atoms with van der Waals surface area (Å²) < 4.78 is 0. The second kappa shape index (κ2) is 9.11. The van der Waals surface area contributed by atoms with Crippen LogP contribution in [0.15, 0.2) is 54.7 Å². The van der Waals surface area contributed by atoms with Crippen LogP contribution < -0.4 is 0 Å². The summed E-state index contributed by atoms with van der Waals surface area (Å²) in [6, 6.07) is 18.0. The van der Waals surface area contributed by atoms with E-state index in [1.165, 1.54) is 0 Å². The predicted molar refractivity (Wildman–Crippen MR) is 48.4 cm³/mol. The van der Waals surface area contributed by atoms with Crippen molar-refractivity contribution in [2.75, 3.05) is 0 Å². The molecular weight excluding hydrogens is 338 g/mol. The fourth-order valence-electron chi connectivity index (χ4n) is 0.619. The normalized spacial score (nSPS) is 7.38. The Kier molecular flexibility index (Phi) is 8.42. The van der Waals surface area contributed by atoms with E-state index < -0.39 is 0 Å². The summed E-state index contributed by atoms with van der Waals surface area (Å²) >= 11 is 0. The number of rotatable bonds is 0. The van der Waals surface area contributed by atoms with E-state index in [4.69, 9.17) is 0 Å². The molecule has 0 aliphatic carbocycles. The second-order valence-corrected chi connectivity index (χ2v) is 2.04. The fourth-order valence-corrected chi connectivity index (χ4v) is 0.619. The van der Waals surface area contributed by atoms with Crippen LogP contribution >= 0.6 is 0 Å². The van der Waals surface area contributed by atoms with Gasteiger partial charge in [0.2, 0.25) is 0 Å². The number of hydrogen-bond donors (Lipinski definition) is 0. The Morgan fingerprint density at radius 1 is 0.769 bits per heavy atom. The summed E-state index contributed by atoms with van der Waals surface area (Å²) in [6.07, 6.45) is 4.34. The molecule has 2 heteroatoms. The molecule has 0 N–H and O–H groups in total. The maximum atomic E-state index is 3.66. The van der Waals surface area contributed by atoms with E-state index in [-0.39, 0.29) is 20.1 Å². The Morgan fingerprint density at radius 3 is 1.62 bits per heavy atom. The van der Waals surface area contributed by atoms with Gasteiger partial charge in [0.05, 0.1) is 0 Å². The molecule has 0 bridgehead atoms. The molecule has 2 aromatic rings. The molecule has 1 heterocycles. The number of pyridine rings is 1. The van der Waals surface area contributed by atoms with Gasteiger partial charge in [-0.15, -0.1) is 0 Å². The van der Waals surface area contributed by atoms with Gasteiger partial charge in [0.15, 0.2) is 0 Å². The Labute approximate surface area is 92.2 Å². The zero-order chi connectivity index (χ0) is 8.49. The quantitative estimate of drug-likeness (QED) is 0.667. The first-order valence-corrected chi connectivity index (χ1v) is 3.68. The van der Waals surface area contributed by atoms with E-state index in [1.54, 1.807) is 12.3 Å². The Morgan fingerprint density at radius 2 is 1.46 bits per heavy atom. The summed E-state index contributed by atoms with van der Waals surface area (Å²) in [4.78, 5) is 3.66. The minimum Gasteiger partial charge on any atom is -0.394 e. The smallest absolute Gasteiger partial charge is 0 e. The molecule has 1 aromatic heterocycles. The van der Waals surface area contributed by atoms with E-state index in [2.05, 4.69) is 17.2 Å². The van der Waals surface area contributed by atoms with Gasteiger partial charge >= 0.3 is 0 Å². The van der Waals surface area contributed by atoms with Crippen LogP contribution in [0.5, 0.6) is 0 Å². The summed E-state index contributed by atoms with van der Waals surface area (Å²) in [6.45, 7) is 0. The fraction of sp³-hybridized carbons (Fsp3) is 0. The molecule has 0 saturated carbocycles. The maximum absolute atomic E-state index is 3.66. The summed E-state index contributed by atoms with van der Waals surface area (Å²) in [5.41, 5.74) is 0. The van der Waals surface area contributed by atoms with Crippen LogP contribution in [0.1, 0.15) is 0 Å². The zero-order valence-corrected chi connectivity index (χ0v) is 9.37. The molecule has 0 amide bonds. The summed E-state index contributed by atoms with van der Waals surface area (Å²) in [5, 5.41) is 0. The Balaban J connectivity index is 0.000000206. The third kappa shape index (κ3) is 7.38. The molecule has 2 rings (SSSR count). The van der Waals surface area contributed by atoms with Crippen LogP contribution in [0.2, 0.25) is 0 Å². The first-order chi connectivity index (χ1) is 6.00. The first kappa shape index (κ1) is 12.0. The van der Waals surface area contributed by atoms with Gasteiger partial charge < -0.3 is 4.98 Å². The van der Waals surface area contributed by atoms with Crippen molar-refractivity contribution in [2.45, 2.75) is 0 Å². The van der Waals surface area contributed by atoms with Crippen molar-refractivity contribution >= 4 is 0 Å². The Bertz CT molecular complexity index is 185. The molecule has 0 atom stereocenters. The molecule has 1 nitrogen and oxygen atoms in total. The second-order valence-electron chi connectivity index (χ2n) is 2.04. The monoisotopic (exact) mass is 348 g/mol. The van der Waals surface area contributed by atoms with Crippen LogP contribution in [0.4, 0.5) is 0 Å². The average molecular weight is 347 g/mol. The molecule has 0 saturated heterocycles. The van der Waals surface area contributed by atoms with E-state index in [0.717, 1.165) is 0 Å². The molecular formula is C11H9IrN-2. The standard InChI is InChI=1S/C6H5.C5H4N.Ir/c2*1-2-4-6-5-3-1;/h1-5H;1-4H;/q2*-1;. The minimum absolute atomic E-state index is 0. The van der Waals surface area contributed by atoms with Crippen molar-refractivity contribution in [3.63, 3.8) is 0 Å². The van der Waals surface area contributed by atoms with E-state index in [9.17, 15) is 0 Å². The van der Waals surface area contributed by atoms with Gasteiger partial charge in [0, 0.05) is 20.1 Å². The van der Waals surface area contributed by atoms with Gasteiger partial charge in [-0.1, -0.05) is 12.4 Å². The van der Waals surface area contributed by atoms with E-state index >= 15 is 0 Å². The van der Waals surface area contributed by atoms with Crippen LogP contribution in [-0.4, -0.2) is 4.98 Å². The van der Waals surface area contributed by atoms with Crippen molar-refractivity contribution in [1.82, 2.24) is 4.98 Å². The van der Waals surface area contributed by atoms with Crippen molar-refractivity contribution in [3.8, 4) is 0 Å². The molecule has 1 aromatic carbocycles. The molecule has 0 fully saturated rings. The first-order valence-electron chi connectivity index (χ1n) is 3.68. The van der Waals surface area contributed by atoms with Crippen molar-refractivity contribution in [3.05, 3.63) is 67.0 Å².